The van der Waals surface area contributed by atoms with Crippen LogP contribution in [-0.4, -0.2) is 16.8 Å². The van der Waals surface area contributed by atoms with E-state index in [-0.39, 0.29) is 5.92 Å². The smallest absolute Gasteiger partial charge is 0.307 e. The first-order chi connectivity index (χ1) is 5.70. The van der Waals surface area contributed by atoms with Crippen LogP contribution in [0.5, 0.6) is 0 Å². The molecule has 0 spiro atoms. The highest BCUT2D eigenvalue weighted by atomic mass is 32.2. The van der Waals surface area contributed by atoms with Crippen LogP contribution in [0, 0.1) is 5.92 Å². The van der Waals surface area contributed by atoms with Gasteiger partial charge in [-0.3, -0.25) is 4.79 Å². The van der Waals surface area contributed by atoms with Crippen LogP contribution in [0.2, 0.25) is 0 Å². The normalized spacial score (nSPS) is 12.8. The molecule has 1 aromatic heterocycles. The Morgan fingerprint density at radius 3 is 3.08 bits per heavy atom. The minimum Gasteiger partial charge on any atom is -0.481 e. The summed E-state index contributed by atoms with van der Waals surface area (Å²) in [6, 6.07) is 1.82. The summed E-state index contributed by atoms with van der Waals surface area (Å²) >= 11 is 1.49. The van der Waals surface area contributed by atoms with Crippen molar-refractivity contribution in [2.45, 2.75) is 11.8 Å². The minimum atomic E-state index is -0.758. The van der Waals surface area contributed by atoms with Crippen molar-refractivity contribution in [3.8, 4) is 0 Å². The molecule has 1 rings (SSSR count). The van der Waals surface area contributed by atoms with Crippen molar-refractivity contribution in [3.05, 3.63) is 18.6 Å². The number of rotatable bonds is 4. The number of hydrogen-bond acceptors (Lipinski definition) is 3. The van der Waals surface area contributed by atoms with Gasteiger partial charge in [0.15, 0.2) is 0 Å². The zero-order valence-corrected chi connectivity index (χ0v) is 7.50. The average Bonchev–Trinajstić information content (AvgIpc) is 2.51. The third-order valence-corrected chi connectivity index (χ3v) is 2.65. The van der Waals surface area contributed by atoms with Crippen molar-refractivity contribution in [2.24, 2.45) is 5.92 Å². The lowest BCUT2D eigenvalue weighted by molar-refractivity contribution is -0.140. The molecule has 0 aliphatic heterocycles. The van der Waals surface area contributed by atoms with Crippen molar-refractivity contribution < 1.29 is 14.3 Å². The van der Waals surface area contributed by atoms with E-state index in [4.69, 9.17) is 9.52 Å². The van der Waals surface area contributed by atoms with Crippen LogP contribution in [0.4, 0.5) is 0 Å². The summed E-state index contributed by atoms with van der Waals surface area (Å²) in [5, 5.41) is 8.57. The summed E-state index contributed by atoms with van der Waals surface area (Å²) < 4.78 is 4.84. The molecule has 0 saturated carbocycles. The molecule has 4 heteroatoms. The van der Waals surface area contributed by atoms with Gasteiger partial charge in [-0.2, -0.15) is 0 Å². The highest BCUT2D eigenvalue weighted by Crippen LogP contribution is 2.20. The SMILES string of the molecule is CC(CSc1ccoc1)C(=O)O. The van der Waals surface area contributed by atoms with Crippen LogP contribution < -0.4 is 0 Å². The Morgan fingerprint density at radius 2 is 2.58 bits per heavy atom. The van der Waals surface area contributed by atoms with Crippen LogP contribution >= 0.6 is 11.8 Å². The lowest BCUT2D eigenvalue weighted by Crippen LogP contribution is -2.11. The molecule has 1 unspecified atom stereocenters. The van der Waals surface area contributed by atoms with E-state index < -0.39 is 5.97 Å². The van der Waals surface area contributed by atoms with Gasteiger partial charge in [-0.25, -0.2) is 0 Å². The van der Waals surface area contributed by atoms with Crippen molar-refractivity contribution in [2.75, 3.05) is 5.75 Å². The molecule has 0 aromatic carbocycles. The highest BCUT2D eigenvalue weighted by Gasteiger charge is 2.10. The van der Waals surface area contributed by atoms with Gasteiger partial charge in [0.25, 0.3) is 0 Å². The second-order valence-corrected chi connectivity index (χ2v) is 3.60. The summed E-state index contributed by atoms with van der Waals surface area (Å²) in [7, 11) is 0. The number of carboxylic acids is 1. The predicted octanol–water partition coefficient (Wildman–Crippen LogP) is 2.09. The Kier molecular flexibility index (Phi) is 3.22. The highest BCUT2D eigenvalue weighted by molar-refractivity contribution is 7.99. The van der Waals surface area contributed by atoms with Crippen LogP contribution in [-0.2, 0) is 4.79 Å². The molecule has 0 fully saturated rings. The van der Waals surface area contributed by atoms with E-state index in [0.29, 0.717) is 5.75 Å². The van der Waals surface area contributed by atoms with Gasteiger partial charge in [0, 0.05) is 10.6 Å². The fourth-order valence-corrected chi connectivity index (χ4v) is 1.49. The Morgan fingerprint density at radius 1 is 1.83 bits per heavy atom. The van der Waals surface area contributed by atoms with E-state index in [1.807, 2.05) is 6.07 Å². The number of furan rings is 1. The van der Waals surface area contributed by atoms with Crippen LogP contribution in [0.25, 0.3) is 0 Å². The molecule has 0 aliphatic carbocycles. The molecule has 66 valence electrons. The van der Waals surface area contributed by atoms with Gasteiger partial charge in [0.05, 0.1) is 12.2 Å². The topological polar surface area (TPSA) is 50.4 Å². The van der Waals surface area contributed by atoms with Gasteiger partial charge >= 0.3 is 5.97 Å². The van der Waals surface area contributed by atoms with Gasteiger partial charge in [-0.05, 0) is 6.07 Å². The van der Waals surface area contributed by atoms with Crippen molar-refractivity contribution in [1.82, 2.24) is 0 Å². The first kappa shape index (κ1) is 9.19. The van der Waals surface area contributed by atoms with E-state index >= 15 is 0 Å². The minimum absolute atomic E-state index is 0.315. The zero-order valence-electron chi connectivity index (χ0n) is 6.69. The molecule has 1 aromatic rings. The molecule has 1 heterocycles. The quantitative estimate of drug-likeness (QED) is 0.731. The molecule has 3 nitrogen and oxygen atoms in total. The number of thioether (sulfide) groups is 1. The second kappa shape index (κ2) is 4.21. The molecular weight excluding hydrogens is 176 g/mol. The second-order valence-electron chi connectivity index (χ2n) is 2.51. The maximum absolute atomic E-state index is 10.4. The van der Waals surface area contributed by atoms with Gasteiger partial charge in [-0.1, -0.05) is 6.92 Å². The molecule has 0 amide bonds. The van der Waals surface area contributed by atoms with E-state index in [2.05, 4.69) is 0 Å². The summed E-state index contributed by atoms with van der Waals surface area (Å²) in [5.74, 6) is -0.495. The van der Waals surface area contributed by atoms with Gasteiger partial charge in [0.1, 0.15) is 6.26 Å². The monoisotopic (exact) mass is 186 g/mol. The molecule has 0 bridgehead atoms. The molecule has 0 saturated heterocycles. The van der Waals surface area contributed by atoms with Gasteiger partial charge < -0.3 is 9.52 Å². The largest absolute Gasteiger partial charge is 0.481 e. The lowest BCUT2D eigenvalue weighted by atomic mass is 10.2. The first-order valence-corrected chi connectivity index (χ1v) is 4.56. The van der Waals surface area contributed by atoms with E-state index in [1.165, 1.54) is 11.8 Å². The third kappa shape index (κ3) is 2.62. The average molecular weight is 186 g/mol. The van der Waals surface area contributed by atoms with E-state index in [0.717, 1.165) is 4.90 Å². The summed E-state index contributed by atoms with van der Waals surface area (Å²) in [4.78, 5) is 11.4. The lowest BCUT2D eigenvalue weighted by Gasteiger charge is -2.02. The predicted molar refractivity (Wildman–Crippen MR) is 46.2 cm³/mol. The fraction of sp³-hybridized carbons (Fsp3) is 0.375. The molecule has 12 heavy (non-hydrogen) atoms. The standard InChI is InChI=1S/C8H10O3S/c1-6(8(9)10)5-12-7-2-3-11-4-7/h2-4,6H,5H2,1H3,(H,9,10). The fourth-order valence-electron chi connectivity index (χ4n) is 0.627. The maximum atomic E-state index is 10.4. The number of hydrogen-bond donors (Lipinski definition) is 1. The van der Waals surface area contributed by atoms with Crippen LogP contribution in [0.15, 0.2) is 27.9 Å². The Balaban J connectivity index is 2.31. The Bertz CT molecular complexity index is 243. The number of aliphatic carboxylic acids is 1. The summed E-state index contributed by atoms with van der Waals surface area (Å²) in [6.07, 6.45) is 3.19. The van der Waals surface area contributed by atoms with Gasteiger partial charge in [0.2, 0.25) is 0 Å². The summed E-state index contributed by atoms with van der Waals surface area (Å²) in [6.45, 7) is 1.69. The van der Waals surface area contributed by atoms with Crippen LogP contribution in [0.3, 0.4) is 0 Å². The number of carboxylic acid groups (broad SMARTS) is 1. The van der Waals surface area contributed by atoms with E-state index in [9.17, 15) is 4.79 Å². The van der Waals surface area contributed by atoms with Crippen LogP contribution in [0.1, 0.15) is 6.92 Å². The van der Waals surface area contributed by atoms with Crippen molar-refractivity contribution >= 4 is 17.7 Å². The maximum Gasteiger partial charge on any atom is 0.307 e. The summed E-state index contributed by atoms with van der Waals surface area (Å²) in [5.41, 5.74) is 0. The zero-order chi connectivity index (χ0) is 8.97. The molecule has 1 atom stereocenters. The Hall–Kier alpha value is -0.900. The first-order valence-electron chi connectivity index (χ1n) is 3.58. The molecule has 0 radical (unpaired) electrons. The van der Waals surface area contributed by atoms with Crippen molar-refractivity contribution in [1.29, 1.82) is 0 Å². The van der Waals surface area contributed by atoms with Gasteiger partial charge in [-0.15, -0.1) is 11.8 Å². The van der Waals surface area contributed by atoms with E-state index in [1.54, 1.807) is 19.5 Å². The third-order valence-electron chi connectivity index (χ3n) is 1.42. The molecule has 0 aliphatic rings. The Labute approximate surface area is 74.8 Å². The number of carbonyl (C=O) groups is 1. The molecular formula is C8H10O3S. The molecule has 1 N–H and O–H groups in total. The van der Waals surface area contributed by atoms with Crippen molar-refractivity contribution in [3.63, 3.8) is 0 Å².